The molecular formula is C24H20F2N6O. The minimum absolute atomic E-state index is 0.0309. The smallest absolute Gasteiger partial charge is 0.320 e. The number of aromatic nitrogens is 4. The fourth-order valence-electron chi connectivity index (χ4n) is 3.75. The largest absolute Gasteiger partial charge is 0.373 e. The molecule has 1 aromatic carbocycles. The van der Waals surface area contributed by atoms with Gasteiger partial charge in [0.05, 0.1) is 16.6 Å². The maximum absolute atomic E-state index is 13.4. The molecule has 33 heavy (non-hydrogen) atoms. The number of halogens is 2. The highest BCUT2D eigenvalue weighted by Crippen LogP contribution is 2.31. The van der Waals surface area contributed by atoms with Crippen LogP contribution >= 0.6 is 0 Å². The highest BCUT2D eigenvalue weighted by Gasteiger charge is 2.29. The molecule has 0 aliphatic heterocycles. The number of carbonyl (C=O) groups excluding carboxylic acids is 1. The number of imidazole rings is 1. The Kier molecular flexibility index (Phi) is 5.13. The number of benzene rings is 1. The Hall–Kier alpha value is -4.06. The van der Waals surface area contributed by atoms with Gasteiger partial charge in [0, 0.05) is 41.7 Å². The summed E-state index contributed by atoms with van der Waals surface area (Å²) in [6, 6.07) is 6.81. The van der Waals surface area contributed by atoms with Gasteiger partial charge in [-0.1, -0.05) is 11.8 Å². The van der Waals surface area contributed by atoms with Crippen LogP contribution in [0.5, 0.6) is 0 Å². The second-order valence-electron chi connectivity index (χ2n) is 7.91. The molecule has 9 heteroatoms. The summed E-state index contributed by atoms with van der Waals surface area (Å²) in [4.78, 5) is 25.1. The molecule has 7 nitrogen and oxygen atoms in total. The third-order valence-corrected chi connectivity index (χ3v) is 5.61. The molecule has 1 amide bonds. The first kappa shape index (κ1) is 20.8. The molecule has 1 aliphatic rings. The van der Waals surface area contributed by atoms with Crippen LogP contribution in [0.15, 0.2) is 36.7 Å². The number of amides is 1. The summed E-state index contributed by atoms with van der Waals surface area (Å²) in [5.41, 5.74) is 2.03. The van der Waals surface area contributed by atoms with E-state index in [2.05, 4.69) is 37.4 Å². The second-order valence-corrected chi connectivity index (χ2v) is 7.91. The van der Waals surface area contributed by atoms with E-state index in [0.717, 1.165) is 28.2 Å². The van der Waals surface area contributed by atoms with Crippen LogP contribution in [-0.4, -0.2) is 32.5 Å². The zero-order valence-corrected chi connectivity index (χ0v) is 18.0. The molecule has 0 saturated heterocycles. The van der Waals surface area contributed by atoms with Gasteiger partial charge in [0.15, 0.2) is 0 Å². The zero-order chi connectivity index (χ0) is 23.1. The molecule has 1 saturated carbocycles. The van der Waals surface area contributed by atoms with Crippen LogP contribution in [-0.2, 0) is 4.79 Å². The number of nitrogens with one attached hydrogen (secondary N) is 2. The Bertz CT molecular complexity index is 1460. The molecule has 3 heterocycles. The fraction of sp³-hybridized carbons (Fsp3) is 0.250. The quantitative estimate of drug-likeness (QED) is 0.452. The summed E-state index contributed by atoms with van der Waals surface area (Å²) < 4.78 is 27.8. The highest BCUT2D eigenvalue weighted by molar-refractivity contribution is 5.99. The third-order valence-electron chi connectivity index (χ3n) is 5.61. The summed E-state index contributed by atoms with van der Waals surface area (Å²) >= 11 is 0. The Morgan fingerprint density at radius 2 is 1.97 bits per heavy atom. The maximum atomic E-state index is 13.4. The van der Waals surface area contributed by atoms with Gasteiger partial charge in [0.1, 0.15) is 17.5 Å². The first-order valence-electron chi connectivity index (χ1n) is 10.5. The molecule has 0 radical (unpaired) electrons. The van der Waals surface area contributed by atoms with Gasteiger partial charge in [-0.2, -0.15) is 8.78 Å². The lowest BCUT2D eigenvalue weighted by atomic mass is 10.1. The molecule has 3 aromatic heterocycles. The third kappa shape index (κ3) is 3.96. The fourth-order valence-corrected chi connectivity index (χ4v) is 3.75. The van der Waals surface area contributed by atoms with Crippen molar-refractivity contribution in [1.82, 2.24) is 19.5 Å². The summed E-state index contributed by atoms with van der Waals surface area (Å²) in [6.45, 7) is -1.14. The monoisotopic (exact) mass is 446 g/mol. The number of fused-ring (bicyclic) bond motifs is 2. The van der Waals surface area contributed by atoms with E-state index in [1.165, 1.54) is 0 Å². The van der Waals surface area contributed by atoms with Gasteiger partial charge in [-0.15, -0.1) is 0 Å². The van der Waals surface area contributed by atoms with Crippen LogP contribution in [0.25, 0.3) is 21.8 Å². The number of rotatable bonds is 4. The standard InChI is InChI=1S/C24H20F2N6O/c1-13-30-19-8-4-14(9-20(19)32(13)24(25)26)3-5-16-11-29-22(27-2)18-12-28-21(10-17(16)18)31-23(33)15-6-7-15/h4,8-12,15,24H,6-7H2,1-2H3,(H,27,29)(H,28,31,33). The topological polar surface area (TPSA) is 84.7 Å². The average Bonchev–Trinajstić information content (AvgIpc) is 3.59. The molecule has 1 fully saturated rings. The van der Waals surface area contributed by atoms with Gasteiger partial charge in [0.2, 0.25) is 5.91 Å². The van der Waals surface area contributed by atoms with E-state index in [0.29, 0.717) is 33.8 Å². The van der Waals surface area contributed by atoms with E-state index in [1.807, 2.05) is 0 Å². The number of aryl methyl sites for hydroxylation is 1. The Balaban J connectivity index is 1.56. The van der Waals surface area contributed by atoms with Crippen molar-refractivity contribution in [1.29, 1.82) is 0 Å². The predicted octanol–water partition coefficient (Wildman–Crippen LogP) is 4.47. The van der Waals surface area contributed by atoms with Crippen molar-refractivity contribution in [3.05, 3.63) is 53.6 Å². The molecular weight excluding hydrogens is 426 g/mol. The van der Waals surface area contributed by atoms with Gasteiger partial charge in [-0.3, -0.25) is 9.36 Å². The number of hydrogen-bond donors (Lipinski definition) is 2. The van der Waals surface area contributed by atoms with E-state index in [4.69, 9.17) is 0 Å². The SMILES string of the molecule is CNc1ncc(C#Cc2ccc3nc(C)n(C(F)F)c3c2)c2cc(NC(=O)C3CC3)ncc12. The molecule has 5 rings (SSSR count). The van der Waals surface area contributed by atoms with Gasteiger partial charge in [-0.25, -0.2) is 15.0 Å². The van der Waals surface area contributed by atoms with E-state index in [9.17, 15) is 13.6 Å². The van der Waals surface area contributed by atoms with E-state index >= 15 is 0 Å². The highest BCUT2D eigenvalue weighted by atomic mass is 19.3. The normalized spacial score (nSPS) is 13.2. The molecule has 1 aliphatic carbocycles. The van der Waals surface area contributed by atoms with Gasteiger partial charge in [0.25, 0.3) is 0 Å². The summed E-state index contributed by atoms with van der Waals surface area (Å²) in [5, 5.41) is 7.42. The van der Waals surface area contributed by atoms with Crippen molar-refractivity contribution >= 4 is 39.3 Å². The molecule has 166 valence electrons. The van der Waals surface area contributed by atoms with Crippen molar-refractivity contribution < 1.29 is 13.6 Å². The van der Waals surface area contributed by atoms with Crippen molar-refractivity contribution in [2.75, 3.05) is 17.7 Å². The summed E-state index contributed by atoms with van der Waals surface area (Å²) in [7, 11) is 1.76. The minimum Gasteiger partial charge on any atom is -0.373 e. The Labute approximate surface area is 188 Å². The van der Waals surface area contributed by atoms with E-state index < -0.39 is 6.55 Å². The predicted molar refractivity (Wildman–Crippen MR) is 122 cm³/mol. The van der Waals surface area contributed by atoms with E-state index in [1.54, 1.807) is 50.6 Å². The van der Waals surface area contributed by atoms with Crippen LogP contribution < -0.4 is 10.6 Å². The minimum atomic E-state index is -2.68. The lowest BCUT2D eigenvalue weighted by Gasteiger charge is -2.09. The number of anilines is 2. The van der Waals surface area contributed by atoms with Crippen LogP contribution in [0.2, 0.25) is 0 Å². The van der Waals surface area contributed by atoms with Crippen LogP contribution in [0.3, 0.4) is 0 Å². The zero-order valence-electron chi connectivity index (χ0n) is 18.0. The molecule has 0 unspecified atom stereocenters. The van der Waals surface area contributed by atoms with Crippen molar-refractivity contribution in [3.63, 3.8) is 0 Å². The maximum Gasteiger partial charge on any atom is 0.320 e. The Morgan fingerprint density at radius 3 is 2.70 bits per heavy atom. The van der Waals surface area contributed by atoms with Crippen molar-refractivity contribution in [2.24, 2.45) is 5.92 Å². The summed E-state index contributed by atoms with van der Waals surface area (Å²) in [6.07, 6.45) is 5.09. The van der Waals surface area contributed by atoms with Gasteiger partial charge < -0.3 is 10.6 Å². The molecule has 4 aromatic rings. The van der Waals surface area contributed by atoms with Crippen molar-refractivity contribution in [3.8, 4) is 11.8 Å². The number of nitrogens with zero attached hydrogens (tertiary/aromatic N) is 4. The second kappa shape index (κ2) is 8.13. The van der Waals surface area contributed by atoms with Gasteiger partial charge in [-0.05, 0) is 44.0 Å². The van der Waals surface area contributed by atoms with Crippen LogP contribution in [0.1, 0.15) is 36.3 Å². The number of pyridine rings is 2. The number of alkyl halides is 2. The van der Waals surface area contributed by atoms with Crippen LogP contribution in [0.4, 0.5) is 20.4 Å². The Morgan fingerprint density at radius 1 is 1.15 bits per heavy atom. The number of hydrogen-bond acceptors (Lipinski definition) is 5. The average molecular weight is 446 g/mol. The molecule has 0 spiro atoms. The molecule has 0 bridgehead atoms. The summed E-state index contributed by atoms with van der Waals surface area (Å²) in [5.74, 6) is 7.51. The first-order chi connectivity index (χ1) is 15.9. The first-order valence-corrected chi connectivity index (χ1v) is 10.5. The lowest BCUT2D eigenvalue weighted by Crippen LogP contribution is -2.14. The van der Waals surface area contributed by atoms with Gasteiger partial charge >= 0.3 is 6.55 Å². The van der Waals surface area contributed by atoms with E-state index in [-0.39, 0.29) is 17.6 Å². The molecule has 0 atom stereocenters. The van der Waals surface area contributed by atoms with Crippen molar-refractivity contribution in [2.45, 2.75) is 26.3 Å². The van der Waals surface area contributed by atoms with Crippen LogP contribution in [0, 0.1) is 24.7 Å². The molecule has 2 N–H and O–H groups in total. The number of carbonyl (C=O) groups is 1. The lowest BCUT2D eigenvalue weighted by molar-refractivity contribution is -0.117.